The third kappa shape index (κ3) is 3.44. The molecule has 7 heteroatoms. The van der Waals surface area contributed by atoms with Crippen LogP contribution >= 0.6 is 12.4 Å². The van der Waals surface area contributed by atoms with Crippen LogP contribution in [0.15, 0.2) is 18.1 Å². The smallest absolute Gasteiger partial charge is 0.257 e. The maximum atomic E-state index is 12.6. The first-order valence-corrected chi connectivity index (χ1v) is 7.05. The van der Waals surface area contributed by atoms with Gasteiger partial charge in [-0.25, -0.2) is 4.39 Å². The van der Waals surface area contributed by atoms with Gasteiger partial charge in [0.2, 0.25) is 0 Å². The Labute approximate surface area is 129 Å². The zero-order valence-electron chi connectivity index (χ0n) is 11.8. The molecule has 0 bridgehead atoms. The van der Waals surface area contributed by atoms with Gasteiger partial charge in [0.05, 0.1) is 24.1 Å². The summed E-state index contributed by atoms with van der Waals surface area (Å²) in [5, 5.41) is 4.37. The van der Waals surface area contributed by atoms with Gasteiger partial charge in [-0.1, -0.05) is 0 Å². The van der Waals surface area contributed by atoms with Gasteiger partial charge in [0.25, 0.3) is 5.91 Å². The summed E-state index contributed by atoms with van der Waals surface area (Å²) >= 11 is 0. The van der Waals surface area contributed by atoms with Gasteiger partial charge in [-0.15, -0.1) is 12.4 Å². The molecular formula is C14H20ClFN4O. The Balaban J connectivity index is 0.00000161. The Bertz CT molecular complexity index is 553. The summed E-state index contributed by atoms with van der Waals surface area (Å²) in [7, 11) is 0. The van der Waals surface area contributed by atoms with Crippen molar-refractivity contribution in [1.82, 2.24) is 14.7 Å². The molecule has 1 aliphatic carbocycles. The average Bonchev–Trinajstić information content (AvgIpc) is 3.17. The topological polar surface area (TPSA) is 64.2 Å². The first-order valence-electron chi connectivity index (χ1n) is 7.05. The van der Waals surface area contributed by atoms with E-state index in [0.717, 1.165) is 25.2 Å². The minimum Gasteiger partial charge on any atom is -0.338 e. The summed E-state index contributed by atoms with van der Waals surface area (Å²) in [6, 6.07) is 0. The highest BCUT2D eigenvalue weighted by Crippen LogP contribution is 2.31. The van der Waals surface area contributed by atoms with E-state index in [4.69, 9.17) is 5.73 Å². The second-order valence-electron chi connectivity index (χ2n) is 5.60. The number of rotatable bonds is 5. The van der Waals surface area contributed by atoms with Gasteiger partial charge in [-0.05, 0) is 24.3 Å². The Morgan fingerprint density at radius 2 is 2.29 bits per heavy atom. The highest BCUT2D eigenvalue weighted by molar-refractivity contribution is 5.96. The zero-order chi connectivity index (χ0) is 14.1. The van der Waals surface area contributed by atoms with E-state index in [9.17, 15) is 9.18 Å². The van der Waals surface area contributed by atoms with Gasteiger partial charge in [0, 0.05) is 32.3 Å². The van der Waals surface area contributed by atoms with Crippen LogP contribution in [-0.4, -0.2) is 40.2 Å². The number of fused-ring (bicyclic) bond motifs is 1. The van der Waals surface area contributed by atoms with Crippen molar-refractivity contribution in [2.24, 2.45) is 11.7 Å². The van der Waals surface area contributed by atoms with Crippen molar-refractivity contribution in [3.8, 4) is 0 Å². The molecule has 0 spiro atoms. The fourth-order valence-corrected chi connectivity index (χ4v) is 2.56. The predicted octanol–water partition coefficient (Wildman–Crippen LogP) is 1.53. The molecular weight excluding hydrogens is 295 g/mol. The van der Waals surface area contributed by atoms with Crippen molar-refractivity contribution in [3.63, 3.8) is 0 Å². The van der Waals surface area contributed by atoms with Crippen molar-refractivity contribution in [1.29, 1.82) is 0 Å². The van der Waals surface area contributed by atoms with E-state index in [2.05, 4.69) is 5.10 Å². The lowest BCUT2D eigenvalue weighted by Crippen LogP contribution is -2.38. The number of carbonyl (C=O) groups is 1. The maximum absolute atomic E-state index is 12.6. The van der Waals surface area contributed by atoms with Crippen molar-refractivity contribution in [2.75, 3.05) is 19.6 Å². The van der Waals surface area contributed by atoms with E-state index < -0.39 is 0 Å². The normalized spacial score (nSPS) is 18.5. The van der Waals surface area contributed by atoms with E-state index in [-0.39, 0.29) is 24.9 Å². The van der Waals surface area contributed by atoms with Crippen molar-refractivity contribution in [3.05, 3.63) is 29.4 Å². The molecule has 1 aliphatic heterocycles. The molecule has 2 N–H and O–H groups in total. The van der Waals surface area contributed by atoms with Gasteiger partial charge < -0.3 is 10.6 Å². The highest BCUT2D eigenvalue weighted by atomic mass is 35.5. The molecule has 0 radical (unpaired) electrons. The fraction of sp³-hybridized carbons (Fsp3) is 0.571. The van der Waals surface area contributed by atoms with Gasteiger partial charge >= 0.3 is 0 Å². The summed E-state index contributed by atoms with van der Waals surface area (Å²) in [4.78, 5) is 14.3. The van der Waals surface area contributed by atoms with Crippen LogP contribution in [0.25, 0.3) is 0 Å². The Morgan fingerprint density at radius 3 is 2.90 bits per heavy atom. The maximum Gasteiger partial charge on any atom is 0.257 e. The van der Waals surface area contributed by atoms with Crippen LogP contribution in [0, 0.1) is 5.92 Å². The molecule has 0 atom stereocenters. The SMILES string of the molecule is Cl.NCC(=CF)Cn1cc2c(n1)CCN(CC1CC1)C2=O. The largest absolute Gasteiger partial charge is 0.338 e. The lowest BCUT2D eigenvalue weighted by Gasteiger charge is -2.25. The predicted molar refractivity (Wildman–Crippen MR) is 80.1 cm³/mol. The van der Waals surface area contributed by atoms with Crippen molar-refractivity contribution < 1.29 is 9.18 Å². The number of aromatic nitrogens is 2. The molecule has 21 heavy (non-hydrogen) atoms. The minimum absolute atomic E-state index is 0. The van der Waals surface area contributed by atoms with E-state index in [0.29, 0.717) is 29.9 Å². The number of hydrogen-bond acceptors (Lipinski definition) is 3. The number of halogens is 2. The lowest BCUT2D eigenvalue weighted by molar-refractivity contribution is 0.0731. The molecule has 3 rings (SSSR count). The van der Waals surface area contributed by atoms with Crippen LogP contribution in [0.5, 0.6) is 0 Å². The van der Waals surface area contributed by atoms with E-state index in [1.54, 1.807) is 10.9 Å². The number of nitrogens with zero attached hydrogens (tertiary/aromatic N) is 3. The van der Waals surface area contributed by atoms with Crippen molar-refractivity contribution >= 4 is 18.3 Å². The molecule has 2 heterocycles. The monoisotopic (exact) mass is 314 g/mol. The highest BCUT2D eigenvalue weighted by Gasteiger charge is 2.32. The Kier molecular flexibility index (Phi) is 5.00. The third-order valence-corrected chi connectivity index (χ3v) is 3.93. The average molecular weight is 315 g/mol. The summed E-state index contributed by atoms with van der Waals surface area (Å²) in [6.07, 6.45) is 5.48. The number of hydrogen-bond donors (Lipinski definition) is 1. The van der Waals surface area contributed by atoms with Crippen molar-refractivity contribution in [2.45, 2.75) is 25.8 Å². The summed E-state index contributed by atoms with van der Waals surface area (Å²) in [5.74, 6) is 0.747. The van der Waals surface area contributed by atoms with E-state index >= 15 is 0 Å². The van der Waals surface area contributed by atoms with E-state index in [1.165, 1.54) is 12.8 Å². The third-order valence-electron chi connectivity index (χ3n) is 3.93. The Hall–Kier alpha value is -1.40. The molecule has 0 saturated heterocycles. The van der Waals surface area contributed by atoms with Crippen LogP contribution in [0.2, 0.25) is 0 Å². The Morgan fingerprint density at radius 1 is 1.52 bits per heavy atom. The second-order valence-corrected chi connectivity index (χ2v) is 5.60. The molecule has 0 aromatic carbocycles. The summed E-state index contributed by atoms with van der Waals surface area (Å²) in [6.45, 7) is 2.06. The fourth-order valence-electron chi connectivity index (χ4n) is 2.56. The first kappa shape index (κ1) is 16.0. The standard InChI is InChI=1S/C14H19FN4O.ClH/c15-5-11(6-16)8-19-9-12-13(17-19)3-4-18(14(12)20)7-10-1-2-10;/h5,9-10H,1-4,6-8,16H2;1H. The molecule has 1 saturated carbocycles. The van der Waals surface area contributed by atoms with Crippen LogP contribution in [0.1, 0.15) is 28.9 Å². The lowest BCUT2D eigenvalue weighted by atomic mass is 10.1. The molecule has 0 unspecified atom stereocenters. The molecule has 1 fully saturated rings. The molecule has 5 nitrogen and oxygen atoms in total. The van der Waals surface area contributed by atoms with E-state index in [1.807, 2.05) is 4.90 Å². The summed E-state index contributed by atoms with van der Waals surface area (Å²) in [5.41, 5.74) is 7.38. The van der Waals surface area contributed by atoms with Crippen LogP contribution in [-0.2, 0) is 13.0 Å². The molecule has 2 aliphatic rings. The first-order chi connectivity index (χ1) is 9.71. The molecule has 116 valence electrons. The zero-order valence-corrected chi connectivity index (χ0v) is 12.6. The van der Waals surface area contributed by atoms with Crippen LogP contribution in [0.4, 0.5) is 4.39 Å². The minimum atomic E-state index is 0. The van der Waals surface area contributed by atoms with Gasteiger partial charge in [-0.3, -0.25) is 9.48 Å². The quantitative estimate of drug-likeness (QED) is 0.896. The van der Waals surface area contributed by atoms with Crippen LogP contribution < -0.4 is 5.73 Å². The van der Waals surface area contributed by atoms with Gasteiger partial charge in [0.15, 0.2) is 0 Å². The van der Waals surface area contributed by atoms with Gasteiger partial charge in [-0.2, -0.15) is 5.10 Å². The number of carbonyl (C=O) groups excluding carboxylic acids is 1. The van der Waals surface area contributed by atoms with Crippen LogP contribution in [0.3, 0.4) is 0 Å². The van der Waals surface area contributed by atoms with Gasteiger partial charge in [0.1, 0.15) is 0 Å². The molecule has 1 amide bonds. The molecule has 1 aromatic heterocycles. The summed E-state index contributed by atoms with van der Waals surface area (Å²) < 4.78 is 14.2. The number of amides is 1. The number of nitrogens with two attached hydrogens (primary N) is 1. The second kappa shape index (κ2) is 6.58. The molecule has 1 aromatic rings.